The standard InChI is InChI=1S/C19H29BrN2O5S/c1-3-5-7-21-16(24)15-19-10-11(20)14(28-19)12(18(26)27-4-2)13(19)17(25)22(15)8-6-9-23/h11-15,23H,3-10H2,1-2H3,(H,21,24)/t11?,12-,13-,14-,15?,19?/m0/s1. The van der Waals surface area contributed by atoms with Crippen LogP contribution < -0.4 is 5.32 Å². The summed E-state index contributed by atoms with van der Waals surface area (Å²) in [5.74, 6) is -1.74. The molecular formula is C19H29BrN2O5S. The molecule has 0 saturated carbocycles. The molecule has 1 spiro atoms. The van der Waals surface area contributed by atoms with E-state index < -0.39 is 22.6 Å². The van der Waals surface area contributed by atoms with E-state index in [0.29, 0.717) is 25.9 Å². The third-order valence-corrected chi connectivity index (χ3v) is 9.20. The van der Waals surface area contributed by atoms with E-state index in [1.165, 1.54) is 0 Å². The normalized spacial score (nSPS) is 35.9. The first-order chi connectivity index (χ1) is 13.4. The van der Waals surface area contributed by atoms with Crippen LogP contribution in [0, 0.1) is 11.8 Å². The molecule has 3 aliphatic heterocycles. The van der Waals surface area contributed by atoms with Gasteiger partial charge in [0.15, 0.2) is 0 Å². The number of hydrogen-bond acceptors (Lipinski definition) is 6. The molecule has 0 aromatic heterocycles. The Morgan fingerprint density at radius 1 is 1.39 bits per heavy atom. The summed E-state index contributed by atoms with van der Waals surface area (Å²) < 4.78 is 4.66. The van der Waals surface area contributed by atoms with Crippen LogP contribution in [0.15, 0.2) is 0 Å². The number of carbonyl (C=O) groups is 3. The second kappa shape index (κ2) is 8.92. The zero-order chi connectivity index (χ0) is 20.5. The number of esters is 1. The molecule has 3 unspecified atom stereocenters. The van der Waals surface area contributed by atoms with Crippen LogP contribution in [0.5, 0.6) is 0 Å². The monoisotopic (exact) mass is 476 g/mol. The van der Waals surface area contributed by atoms with E-state index in [2.05, 4.69) is 28.2 Å². The van der Waals surface area contributed by atoms with E-state index in [4.69, 9.17) is 4.74 Å². The number of carbonyl (C=O) groups excluding carboxylic acids is 3. The quantitative estimate of drug-likeness (QED) is 0.296. The van der Waals surface area contributed by atoms with Gasteiger partial charge in [-0.15, -0.1) is 11.8 Å². The van der Waals surface area contributed by atoms with Crippen LogP contribution in [0.25, 0.3) is 0 Å². The zero-order valence-electron chi connectivity index (χ0n) is 16.4. The summed E-state index contributed by atoms with van der Waals surface area (Å²) in [6, 6.07) is -0.622. The number of nitrogens with zero attached hydrogens (tertiary/aromatic N) is 1. The fourth-order valence-electron chi connectivity index (χ4n) is 4.90. The van der Waals surface area contributed by atoms with E-state index in [9.17, 15) is 19.5 Å². The molecule has 3 aliphatic rings. The highest BCUT2D eigenvalue weighted by Gasteiger charge is 2.75. The SMILES string of the molecule is CCCCNC(=O)C1N(CCCO)C(=O)[C@@H]2[C@H](C(=O)OCC)[C@H]3SC12CC3Br. The molecule has 0 aliphatic carbocycles. The largest absolute Gasteiger partial charge is 0.466 e. The second-order valence-corrected chi connectivity index (χ2v) is 10.4. The third-order valence-electron chi connectivity index (χ3n) is 5.98. The maximum atomic E-state index is 13.4. The van der Waals surface area contributed by atoms with Crippen LogP contribution in [-0.2, 0) is 19.1 Å². The lowest BCUT2D eigenvalue weighted by molar-refractivity contribution is -0.153. The van der Waals surface area contributed by atoms with Crippen LogP contribution >= 0.6 is 27.7 Å². The first-order valence-electron chi connectivity index (χ1n) is 10.1. The molecule has 0 aromatic rings. The molecule has 0 radical (unpaired) electrons. The number of aliphatic hydroxyl groups excluding tert-OH is 1. The highest BCUT2D eigenvalue weighted by molar-refractivity contribution is 9.09. The molecule has 6 atom stereocenters. The third kappa shape index (κ3) is 3.47. The molecule has 2 N–H and O–H groups in total. The van der Waals surface area contributed by atoms with E-state index >= 15 is 0 Å². The van der Waals surface area contributed by atoms with Crippen molar-refractivity contribution in [2.45, 2.75) is 60.4 Å². The first-order valence-corrected chi connectivity index (χ1v) is 11.9. The molecule has 7 nitrogen and oxygen atoms in total. The lowest BCUT2D eigenvalue weighted by Crippen LogP contribution is -2.54. The van der Waals surface area contributed by atoms with Crippen molar-refractivity contribution in [2.24, 2.45) is 11.8 Å². The Morgan fingerprint density at radius 2 is 2.14 bits per heavy atom. The van der Waals surface area contributed by atoms with E-state index in [0.717, 1.165) is 12.8 Å². The van der Waals surface area contributed by atoms with Crippen molar-refractivity contribution >= 4 is 45.5 Å². The topological polar surface area (TPSA) is 95.9 Å². The van der Waals surface area contributed by atoms with Crippen molar-refractivity contribution in [3.8, 4) is 0 Å². The number of hydrogen-bond donors (Lipinski definition) is 2. The lowest BCUT2D eigenvalue weighted by Gasteiger charge is -2.35. The zero-order valence-corrected chi connectivity index (χ0v) is 18.8. The van der Waals surface area contributed by atoms with Crippen LogP contribution in [0.4, 0.5) is 0 Å². The predicted octanol–water partition coefficient (Wildman–Crippen LogP) is 1.31. The molecule has 3 rings (SSSR count). The molecule has 3 fully saturated rings. The lowest BCUT2D eigenvalue weighted by atomic mass is 9.71. The smallest absolute Gasteiger partial charge is 0.310 e. The van der Waals surface area contributed by atoms with Gasteiger partial charge >= 0.3 is 5.97 Å². The van der Waals surface area contributed by atoms with Crippen molar-refractivity contribution in [1.29, 1.82) is 0 Å². The number of aliphatic hydroxyl groups is 1. The van der Waals surface area contributed by atoms with Crippen molar-refractivity contribution in [3.05, 3.63) is 0 Å². The highest BCUT2D eigenvalue weighted by Crippen LogP contribution is 2.67. The van der Waals surface area contributed by atoms with Crippen LogP contribution in [0.2, 0.25) is 0 Å². The highest BCUT2D eigenvalue weighted by atomic mass is 79.9. The van der Waals surface area contributed by atoms with Gasteiger partial charge in [0, 0.05) is 29.8 Å². The van der Waals surface area contributed by atoms with Crippen LogP contribution in [0.3, 0.4) is 0 Å². The van der Waals surface area contributed by atoms with Gasteiger partial charge in [-0.2, -0.15) is 0 Å². The fraction of sp³-hybridized carbons (Fsp3) is 0.842. The molecule has 158 valence electrons. The summed E-state index contributed by atoms with van der Waals surface area (Å²) in [6.07, 6.45) is 2.91. The van der Waals surface area contributed by atoms with Gasteiger partial charge in [-0.1, -0.05) is 29.3 Å². The Bertz CT molecular complexity index is 635. The van der Waals surface area contributed by atoms with Crippen LogP contribution in [-0.4, -0.2) is 75.0 Å². The predicted molar refractivity (Wildman–Crippen MR) is 110 cm³/mol. The van der Waals surface area contributed by atoms with Gasteiger partial charge in [-0.3, -0.25) is 14.4 Å². The Balaban J connectivity index is 1.94. The van der Waals surface area contributed by atoms with Crippen LogP contribution in [0.1, 0.15) is 39.5 Å². The number of nitrogens with one attached hydrogen (secondary N) is 1. The summed E-state index contributed by atoms with van der Waals surface area (Å²) in [4.78, 5) is 40.9. The minimum Gasteiger partial charge on any atom is -0.466 e. The molecule has 9 heteroatoms. The fourth-order valence-corrected chi connectivity index (χ4v) is 8.51. The number of unbranched alkanes of at least 4 members (excludes halogenated alkanes) is 1. The van der Waals surface area contributed by atoms with Gasteiger partial charge in [0.05, 0.1) is 23.2 Å². The molecule has 2 amide bonds. The Morgan fingerprint density at radius 3 is 2.79 bits per heavy atom. The summed E-state index contributed by atoms with van der Waals surface area (Å²) in [5.41, 5.74) is 0. The van der Waals surface area contributed by atoms with Crippen molar-refractivity contribution in [3.63, 3.8) is 0 Å². The number of amides is 2. The Hall–Kier alpha value is -0.800. The number of thioether (sulfide) groups is 1. The summed E-state index contributed by atoms with van der Waals surface area (Å²) >= 11 is 5.29. The summed E-state index contributed by atoms with van der Waals surface area (Å²) in [5, 5.41) is 12.2. The molecular weight excluding hydrogens is 448 g/mol. The summed E-state index contributed by atoms with van der Waals surface area (Å²) in [7, 11) is 0. The number of fused-ring (bicyclic) bond motifs is 1. The van der Waals surface area contributed by atoms with Crippen molar-refractivity contribution in [1.82, 2.24) is 10.2 Å². The Kier molecular flexibility index (Phi) is 6.97. The van der Waals surface area contributed by atoms with E-state index in [1.54, 1.807) is 23.6 Å². The van der Waals surface area contributed by atoms with E-state index in [1.807, 2.05) is 0 Å². The van der Waals surface area contributed by atoms with Gasteiger partial charge in [0.1, 0.15) is 6.04 Å². The molecule has 2 bridgehead atoms. The number of halogens is 1. The van der Waals surface area contributed by atoms with Crippen molar-refractivity contribution in [2.75, 3.05) is 26.3 Å². The van der Waals surface area contributed by atoms with Gasteiger partial charge in [0.25, 0.3) is 0 Å². The number of likely N-dealkylation sites (tertiary alicyclic amines) is 1. The van der Waals surface area contributed by atoms with Gasteiger partial charge < -0.3 is 20.1 Å². The molecule has 28 heavy (non-hydrogen) atoms. The summed E-state index contributed by atoms with van der Waals surface area (Å²) in [6.45, 7) is 4.91. The van der Waals surface area contributed by atoms with Gasteiger partial charge in [-0.05, 0) is 26.2 Å². The number of alkyl halides is 1. The number of ether oxygens (including phenoxy) is 1. The number of rotatable bonds is 9. The maximum absolute atomic E-state index is 13.4. The first kappa shape index (κ1) is 21.9. The molecule has 0 aromatic carbocycles. The minimum atomic E-state index is -0.626. The Labute approximate surface area is 178 Å². The van der Waals surface area contributed by atoms with Gasteiger partial charge in [-0.25, -0.2) is 0 Å². The minimum absolute atomic E-state index is 0.0518. The van der Waals surface area contributed by atoms with E-state index in [-0.39, 0.29) is 41.1 Å². The average Bonchev–Trinajstić information content (AvgIpc) is 3.24. The van der Waals surface area contributed by atoms with Crippen molar-refractivity contribution < 1.29 is 24.2 Å². The maximum Gasteiger partial charge on any atom is 0.310 e. The average molecular weight is 477 g/mol. The molecule has 3 saturated heterocycles. The van der Waals surface area contributed by atoms with Gasteiger partial charge in [0.2, 0.25) is 11.8 Å². The second-order valence-electron chi connectivity index (χ2n) is 7.67. The molecule has 3 heterocycles.